The first-order valence-corrected chi connectivity index (χ1v) is 4.36. The van der Waals surface area contributed by atoms with Crippen LogP contribution in [0.3, 0.4) is 0 Å². The van der Waals surface area contributed by atoms with E-state index in [1.807, 2.05) is 0 Å². The number of rotatable bonds is 2. The highest BCUT2D eigenvalue weighted by molar-refractivity contribution is 7.80. The molecule has 0 amide bonds. The summed E-state index contributed by atoms with van der Waals surface area (Å²) in [6.45, 7) is 8.82. The van der Waals surface area contributed by atoms with E-state index in [2.05, 4.69) is 25.7 Å². The average molecular weight is 172 g/mol. The third-order valence-corrected chi connectivity index (χ3v) is 2.56. The van der Waals surface area contributed by atoms with Crippen molar-refractivity contribution in [2.75, 3.05) is 13.1 Å². The van der Waals surface area contributed by atoms with Crippen molar-refractivity contribution in [3.05, 3.63) is 0 Å². The van der Waals surface area contributed by atoms with Crippen LogP contribution >= 0.6 is 12.2 Å². The van der Waals surface area contributed by atoms with E-state index in [-0.39, 0.29) is 6.04 Å². The number of hydrogen-bond donors (Lipinski definition) is 1. The standard InChI is InChI=1S/C8H16N2S/c1-6(7(9)11)10-4-8(2,3)5-10/h6H,4-5H2,1-3H3,(H2,9,11). The number of nitrogens with zero attached hydrogens (tertiary/aromatic N) is 1. The molecule has 1 fully saturated rings. The first kappa shape index (κ1) is 8.94. The maximum atomic E-state index is 5.52. The van der Waals surface area contributed by atoms with Crippen LogP contribution < -0.4 is 5.73 Å². The Labute approximate surface area is 73.7 Å². The maximum absolute atomic E-state index is 5.52. The Kier molecular flexibility index (Phi) is 2.21. The molecule has 1 rings (SSSR count). The van der Waals surface area contributed by atoms with Crippen LogP contribution in [0.15, 0.2) is 0 Å². The molecular weight excluding hydrogens is 156 g/mol. The molecule has 3 heteroatoms. The van der Waals surface area contributed by atoms with Crippen LogP contribution in [0.2, 0.25) is 0 Å². The molecule has 1 atom stereocenters. The second-order valence-corrected chi connectivity index (χ2v) is 4.62. The molecule has 0 saturated carbocycles. The second kappa shape index (κ2) is 2.72. The predicted molar refractivity (Wildman–Crippen MR) is 51.6 cm³/mol. The second-order valence-electron chi connectivity index (χ2n) is 4.15. The lowest BCUT2D eigenvalue weighted by molar-refractivity contribution is 0.0201. The van der Waals surface area contributed by atoms with Gasteiger partial charge < -0.3 is 5.73 Å². The molecule has 1 saturated heterocycles. The number of hydrogen-bond acceptors (Lipinski definition) is 2. The molecule has 0 aromatic carbocycles. The van der Waals surface area contributed by atoms with Gasteiger partial charge in [-0.25, -0.2) is 0 Å². The molecule has 11 heavy (non-hydrogen) atoms. The predicted octanol–water partition coefficient (Wildman–Crippen LogP) is 1.00. The van der Waals surface area contributed by atoms with Gasteiger partial charge in [-0.2, -0.15) is 0 Å². The highest BCUT2D eigenvalue weighted by Gasteiger charge is 2.37. The van der Waals surface area contributed by atoms with E-state index >= 15 is 0 Å². The van der Waals surface area contributed by atoms with Crippen molar-refractivity contribution in [1.29, 1.82) is 0 Å². The highest BCUT2D eigenvalue weighted by atomic mass is 32.1. The molecule has 1 heterocycles. The fourth-order valence-electron chi connectivity index (χ4n) is 1.51. The number of likely N-dealkylation sites (tertiary alicyclic amines) is 1. The van der Waals surface area contributed by atoms with Crippen LogP contribution in [-0.4, -0.2) is 29.0 Å². The fraction of sp³-hybridized carbons (Fsp3) is 0.875. The zero-order valence-corrected chi connectivity index (χ0v) is 8.24. The van der Waals surface area contributed by atoms with Gasteiger partial charge in [-0.3, -0.25) is 4.90 Å². The van der Waals surface area contributed by atoms with Crippen LogP contribution in [0.4, 0.5) is 0 Å². The van der Waals surface area contributed by atoms with Crippen molar-refractivity contribution in [3.63, 3.8) is 0 Å². The molecule has 64 valence electrons. The van der Waals surface area contributed by atoms with Crippen molar-refractivity contribution in [1.82, 2.24) is 4.90 Å². The van der Waals surface area contributed by atoms with Gasteiger partial charge in [0.05, 0.1) is 11.0 Å². The first-order chi connectivity index (χ1) is 4.92. The molecule has 0 bridgehead atoms. The van der Waals surface area contributed by atoms with Crippen LogP contribution in [-0.2, 0) is 0 Å². The molecule has 0 spiro atoms. The van der Waals surface area contributed by atoms with E-state index in [1.165, 1.54) is 0 Å². The Balaban J connectivity index is 2.38. The first-order valence-electron chi connectivity index (χ1n) is 3.96. The van der Waals surface area contributed by atoms with Gasteiger partial charge in [-0.05, 0) is 12.3 Å². The third kappa shape index (κ3) is 1.91. The van der Waals surface area contributed by atoms with Gasteiger partial charge in [-0.1, -0.05) is 26.1 Å². The topological polar surface area (TPSA) is 29.3 Å². The maximum Gasteiger partial charge on any atom is 0.0899 e. The summed E-state index contributed by atoms with van der Waals surface area (Å²) in [5.74, 6) is 0. The minimum Gasteiger partial charge on any atom is -0.392 e. The Bertz CT molecular complexity index is 169. The summed E-state index contributed by atoms with van der Waals surface area (Å²) in [7, 11) is 0. The largest absolute Gasteiger partial charge is 0.392 e. The minimum atomic E-state index is 0.276. The Morgan fingerprint density at radius 1 is 1.55 bits per heavy atom. The quantitative estimate of drug-likeness (QED) is 0.630. The summed E-state index contributed by atoms with van der Waals surface area (Å²) in [6.07, 6.45) is 0. The summed E-state index contributed by atoms with van der Waals surface area (Å²) < 4.78 is 0. The Morgan fingerprint density at radius 3 is 2.27 bits per heavy atom. The lowest BCUT2D eigenvalue weighted by Gasteiger charge is -2.48. The molecule has 1 aliphatic heterocycles. The van der Waals surface area contributed by atoms with Crippen LogP contribution in [0, 0.1) is 5.41 Å². The SMILES string of the molecule is CC(C(N)=S)N1CC(C)(C)C1. The van der Waals surface area contributed by atoms with Gasteiger partial charge in [0.15, 0.2) is 0 Å². The third-order valence-electron chi connectivity index (χ3n) is 2.22. The van der Waals surface area contributed by atoms with Crippen molar-refractivity contribution < 1.29 is 0 Å². The zero-order chi connectivity index (χ0) is 8.65. The van der Waals surface area contributed by atoms with E-state index < -0.39 is 0 Å². The lowest BCUT2D eigenvalue weighted by Crippen LogP contribution is -2.59. The fourth-order valence-corrected chi connectivity index (χ4v) is 1.66. The Hall–Kier alpha value is -0.150. The molecule has 0 radical (unpaired) electrons. The summed E-state index contributed by atoms with van der Waals surface area (Å²) in [5, 5.41) is 0. The number of thiocarbonyl (C=S) groups is 1. The van der Waals surface area contributed by atoms with E-state index in [0.717, 1.165) is 13.1 Å². The molecule has 2 nitrogen and oxygen atoms in total. The number of nitrogens with two attached hydrogens (primary N) is 1. The van der Waals surface area contributed by atoms with E-state index in [4.69, 9.17) is 18.0 Å². The van der Waals surface area contributed by atoms with Crippen molar-refractivity contribution in [3.8, 4) is 0 Å². The Morgan fingerprint density at radius 2 is 2.00 bits per heavy atom. The van der Waals surface area contributed by atoms with Gasteiger partial charge >= 0.3 is 0 Å². The van der Waals surface area contributed by atoms with Gasteiger partial charge in [0.1, 0.15) is 0 Å². The molecular formula is C8H16N2S. The monoisotopic (exact) mass is 172 g/mol. The highest BCUT2D eigenvalue weighted by Crippen LogP contribution is 2.30. The molecule has 0 aromatic rings. The molecule has 1 aliphatic rings. The summed E-state index contributed by atoms with van der Waals surface area (Å²) in [5.41, 5.74) is 6.00. The van der Waals surface area contributed by atoms with Gasteiger partial charge in [0.25, 0.3) is 0 Å². The van der Waals surface area contributed by atoms with E-state index in [1.54, 1.807) is 0 Å². The summed E-state index contributed by atoms with van der Waals surface area (Å²) in [4.78, 5) is 2.92. The van der Waals surface area contributed by atoms with Crippen LogP contribution in [0.1, 0.15) is 20.8 Å². The molecule has 0 aromatic heterocycles. The molecule has 2 N–H and O–H groups in total. The van der Waals surface area contributed by atoms with Crippen LogP contribution in [0.5, 0.6) is 0 Å². The van der Waals surface area contributed by atoms with E-state index in [9.17, 15) is 0 Å². The van der Waals surface area contributed by atoms with Crippen LogP contribution in [0.25, 0.3) is 0 Å². The van der Waals surface area contributed by atoms with Crippen molar-refractivity contribution in [2.45, 2.75) is 26.8 Å². The van der Waals surface area contributed by atoms with Crippen molar-refractivity contribution in [2.24, 2.45) is 11.1 Å². The van der Waals surface area contributed by atoms with Gasteiger partial charge in [-0.15, -0.1) is 0 Å². The lowest BCUT2D eigenvalue weighted by atomic mass is 9.83. The zero-order valence-electron chi connectivity index (χ0n) is 7.42. The van der Waals surface area contributed by atoms with Crippen molar-refractivity contribution >= 4 is 17.2 Å². The summed E-state index contributed by atoms with van der Waals surface area (Å²) in [6, 6.07) is 0.276. The summed E-state index contributed by atoms with van der Waals surface area (Å²) >= 11 is 4.91. The van der Waals surface area contributed by atoms with Gasteiger partial charge in [0, 0.05) is 13.1 Å². The smallest absolute Gasteiger partial charge is 0.0899 e. The minimum absolute atomic E-state index is 0.276. The molecule has 0 aliphatic carbocycles. The normalized spacial score (nSPS) is 25.7. The van der Waals surface area contributed by atoms with Gasteiger partial charge in [0.2, 0.25) is 0 Å². The molecule has 1 unspecified atom stereocenters. The van der Waals surface area contributed by atoms with E-state index in [0.29, 0.717) is 10.4 Å². The average Bonchev–Trinajstić information content (AvgIpc) is 1.80.